The number of amides is 3. The van der Waals surface area contributed by atoms with Gasteiger partial charge in [-0.1, -0.05) is 30.3 Å². The summed E-state index contributed by atoms with van der Waals surface area (Å²) in [7, 11) is 0. The molecule has 0 spiro atoms. The van der Waals surface area contributed by atoms with Gasteiger partial charge >= 0.3 is 24.1 Å². The van der Waals surface area contributed by atoms with Crippen LogP contribution in [0.25, 0.3) is 0 Å². The highest BCUT2D eigenvalue weighted by molar-refractivity contribution is 6.01. The van der Waals surface area contributed by atoms with E-state index in [0.717, 1.165) is 22.6 Å². The summed E-state index contributed by atoms with van der Waals surface area (Å²) in [6, 6.07) is 15.9. The lowest BCUT2D eigenvalue weighted by Gasteiger charge is -2.45. The normalized spacial score (nSPS) is 17.4. The number of carbonyl (C=O) groups is 4. The standard InChI is InChI=1S/C27H23F3N4O6/c1-15(17-5-3-2-4-6-17)33-26(38)34-22(35)20(13-16-11-12-32-21(31)14-16)23(34)39-19-9-7-18(8-10-19)24(36)40-25(37)27(28,29)30/h2-12,14-15,20,23H,13H2,1H3,(H2,31,32)(H,33,38)/t15-,20+,23-/m1/s1. The number of benzene rings is 2. The number of nitrogen functional groups attached to an aromatic ring is 1. The summed E-state index contributed by atoms with van der Waals surface area (Å²) in [6.45, 7) is 1.76. The number of urea groups is 1. The first-order valence-electron chi connectivity index (χ1n) is 11.9. The second kappa shape index (κ2) is 11.4. The molecule has 1 saturated heterocycles. The first-order valence-corrected chi connectivity index (χ1v) is 11.9. The molecule has 3 amide bonds. The molecule has 13 heteroatoms. The van der Waals surface area contributed by atoms with Gasteiger partial charge in [-0.2, -0.15) is 13.2 Å². The lowest BCUT2D eigenvalue weighted by Crippen LogP contribution is -2.68. The highest BCUT2D eigenvalue weighted by Crippen LogP contribution is 2.33. The number of nitrogens with one attached hydrogen (secondary N) is 1. The predicted molar refractivity (Wildman–Crippen MR) is 133 cm³/mol. The van der Waals surface area contributed by atoms with Gasteiger partial charge in [-0.25, -0.2) is 24.3 Å². The van der Waals surface area contributed by atoms with Crippen molar-refractivity contribution >= 4 is 29.7 Å². The number of imide groups is 1. The van der Waals surface area contributed by atoms with Gasteiger partial charge in [0.2, 0.25) is 5.91 Å². The van der Waals surface area contributed by atoms with E-state index in [2.05, 4.69) is 15.0 Å². The van der Waals surface area contributed by atoms with Crippen molar-refractivity contribution in [3.63, 3.8) is 0 Å². The third kappa shape index (κ3) is 6.37. The molecule has 40 heavy (non-hydrogen) atoms. The zero-order valence-electron chi connectivity index (χ0n) is 20.9. The third-order valence-corrected chi connectivity index (χ3v) is 6.08. The summed E-state index contributed by atoms with van der Waals surface area (Å²) >= 11 is 0. The first kappa shape index (κ1) is 28.1. The minimum absolute atomic E-state index is 0.101. The van der Waals surface area contributed by atoms with Crippen molar-refractivity contribution in [2.75, 3.05) is 5.73 Å². The third-order valence-electron chi connectivity index (χ3n) is 6.08. The van der Waals surface area contributed by atoms with Crippen LogP contribution in [-0.4, -0.2) is 46.2 Å². The Morgan fingerprint density at radius 2 is 1.75 bits per heavy atom. The van der Waals surface area contributed by atoms with Crippen molar-refractivity contribution in [3.05, 3.63) is 89.6 Å². The second-order valence-electron chi connectivity index (χ2n) is 8.90. The van der Waals surface area contributed by atoms with Gasteiger partial charge in [0.25, 0.3) is 0 Å². The van der Waals surface area contributed by atoms with Crippen LogP contribution >= 0.6 is 0 Å². The Bertz CT molecular complexity index is 1420. The second-order valence-corrected chi connectivity index (χ2v) is 8.90. The molecule has 3 aromatic rings. The molecule has 0 radical (unpaired) electrons. The van der Waals surface area contributed by atoms with Crippen molar-refractivity contribution < 1.29 is 41.8 Å². The molecule has 3 N–H and O–H groups in total. The maximum absolute atomic E-state index is 13.1. The van der Waals surface area contributed by atoms with Crippen molar-refractivity contribution in [2.24, 2.45) is 5.92 Å². The largest absolute Gasteiger partial charge is 0.491 e. The summed E-state index contributed by atoms with van der Waals surface area (Å²) in [6.07, 6.45) is -4.73. The monoisotopic (exact) mass is 556 g/mol. The highest BCUT2D eigenvalue weighted by atomic mass is 19.4. The van der Waals surface area contributed by atoms with E-state index < -0.39 is 48.2 Å². The Morgan fingerprint density at radius 3 is 2.38 bits per heavy atom. The number of ether oxygens (including phenoxy) is 2. The van der Waals surface area contributed by atoms with E-state index in [9.17, 15) is 32.3 Å². The molecule has 1 aliphatic rings. The quantitative estimate of drug-likeness (QED) is 0.255. The Morgan fingerprint density at radius 1 is 1.07 bits per heavy atom. The molecule has 1 aromatic heterocycles. The summed E-state index contributed by atoms with van der Waals surface area (Å²) in [5.41, 5.74) is 6.90. The Labute approximate surface area is 225 Å². The number of rotatable bonds is 7. The fraction of sp³-hybridized carbons (Fsp3) is 0.222. The van der Waals surface area contributed by atoms with Gasteiger partial charge < -0.3 is 20.5 Å². The summed E-state index contributed by atoms with van der Waals surface area (Å²) in [4.78, 5) is 53.9. The Hall–Kier alpha value is -4.94. The van der Waals surface area contributed by atoms with Gasteiger partial charge in [-0.05, 0) is 60.9 Å². The van der Waals surface area contributed by atoms with Crippen LogP contribution in [0.4, 0.5) is 23.8 Å². The molecule has 10 nitrogen and oxygen atoms in total. The van der Waals surface area contributed by atoms with Crippen LogP contribution in [0, 0.1) is 5.92 Å². The van der Waals surface area contributed by atoms with Crippen LogP contribution in [0.15, 0.2) is 72.9 Å². The van der Waals surface area contributed by atoms with E-state index in [4.69, 9.17) is 10.5 Å². The number of hydrogen-bond acceptors (Lipinski definition) is 8. The number of halogens is 3. The maximum atomic E-state index is 13.1. The molecule has 0 unspecified atom stereocenters. The van der Waals surface area contributed by atoms with Crippen LogP contribution in [0.3, 0.4) is 0 Å². The predicted octanol–water partition coefficient (Wildman–Crippen LogP) is 3.79. The zero-order valence-corrected chi connectivity index (χ0v) is 20.9. The molecule has 0 aliphatic carbocycles. The van der Waals surface area contributed by atoms with E-state index in [1.807, 2.05) is 30.3 Å². The van der Waals surface area contributed by atoms with E-state index in [1.165, 1.54) is 18.3 Å². The molecule has 0 bridgehead atoms. The van der Waals surface area contributed by atoms with Crippen LogP contribution in [0.2, 0.25) is 0 Å². The maximum Gasteiger partial charge on any atom is 0.491 e. The summed E-state index contributed by atoms with van der Waals surface area (Å²) in [5, 5.41) is 2.76. The minimum atomic E-state index is -5.33. The van der Waals surface area contributed by atoms with E-state index in [1.54, 1.807) is 19.1 Å². The SMILES string of the molecule is C[C@@H](NC(=O)N1C(=O)[C@H](Cc2ccnc(N)c2)[C@H]1Oc1ccc(C(=O)OC(=O)C(F)(F)F)cc1)c1ccccc1. The number of pyridine rings is 1. The Kier molecular flexibility index (Phi) is 8.03. The molecule has 4 rings (SSSR count). The number of nitrogens with zero attached hydrogens (tertiary/aromatic N) is 2. The van der Waals surface area contributed by atoms with E-state index >= 15 is 0 Å². The van der Waals surface area contributed by atoms with Crippen molar-refractivity contribution in [1.82, 2.24) is 15.2 Å². The number of hydrogen-bond donors (Lipinski definition) is 2. The molecular weight excluding hydrogens is 533 g/mol. The lowest BCUT2D eigenvalue weighted by molar-refractivity contribution is -0.193. The molecule has 2 heterocycles. The molecule has 2 aromatic carbocycles. The fourth-order valence-corrected chi connectivity index (χ4v) is 4.03. The van der Waals surface area contributed by atoms with Gasteiger partial charge in [0.1, 0.15) is 11.6 Å². The zero-order chi connectivity index (χ0) is 29.0. The van der Waals surface area contributed by atoms with Crippen molar-refractivity contribution in [2.45, 2.75) is 31.8 Å². The van der Waals surface area contributed by atoms with Crippen molar-refractivity contribution in [1.29, 1.82) is 0 Å². The number of β-lactam (4-membered cyclic amide) rings is 1. The van der Waals surface area contributed by atoms with Gasteiger partial charge in [0.15, 0.2) is 6.23 Å². The van der Waals surface area contributed by atoms with Crippen LogP contribution in [-0.2, 0) is 20.7 Å². The average molecular weight is 556 g/mol. The number of likely N-dealkylation sites (tertiary alicyclic amines) is 1. The summed E-state index contributed by atoms with van der Waals surface area (Å²) < 4.78 is 46.9. The van der Waals surface area contributed by atoms with E-state index in [-0.39, 0.29) is 23.6 Å². The molecule has 1 aliphatic heterocycles. The molecule has 1 fully saturated rings. The number of nitrogens with two attached hydrogens (primary N) is 1. The number of aromatic nitrogens is 1. The van der Waals surface area contributed by atoms with Crippen LogP contribution in [0.5, 0.6) is 5.75 Å². The van der Waals surface area contributed by atoms with Gasteiger partial charge in [-0.3, -0.25) is 4.79 Å². The van der Waals surface area contributed by atoms with Crippen molar-refractivity contribution in [3.8, 4) is 5.75 Å². The lowest BCUT2D eigenvalue weighted by atomic mass is 9.89. The Balaban J connectivity index is 1.51. The number of esters is 2. The summed E-state index contributed by atoms with van der Waals surface area (Å²) in [5.74, 6) is -5.07. The highest BCUT2D eigenvalue weighted by Gasteiger charge is 2.53. The fourth-order valence-electron chi connectivity index (χ4n) is 4.03. The van der Waals surface area contributed by atoms with Gasteiger partial charge in [0, 0.05) is 6.20 Å². The van der Waals surface area contributed by atoms with Gasteiger partial charge in [-0.15, -0.1) is 0 Å². The smallest absolute Gasteiger partial charge is 0.469 e. The average Bonchev–Trinajstić information content (AvgIpc) is 2.91. The molecular formula is C27H23F3N4O6. The molecule has 208 valence electrons. The first-order chi connectivity index (χ1) is 18.9. The number of alkyl halides is 3. The molecule has 3 atom stereocenters. The number of carbonyl (C=O) groups excluding carboxylic acids is 4. The minimum Gasteiger partial charge on any atom is -0.469 e. The van der Waals surface area contributed by atoms with Crippen LogP contribution in [0.1, 0.15) is 34.5 Å². The van der Waals surface area contributed by atoms with Crippen LogP contribution < -0.4 is 15.8 Å². The number of anilines is 1. The topological polar surface area (TPSA) is 141 Å². The molecule has 0 saturated carbocycles. The van der Waals surface area contributed by atoms with E-state index in [0.29, 0.717) is 5.56 Å². The van der Waals surface area contributed by atoms with Gasteiger partial charge in [0.05, 0.1) is 17.5 Å².